The van der Waals surface area contributed by atoms with Crippen molar-refractivity contribution in [2.75, 3.05) is 35.3 Å². The minimum absolute atomic E-state index is 0.0359. The van der Waals surface area contributed by atoms with Gasteiger partial charge < -0.3 is 21.7 Å². The van der Waals surface area contributed by atoms with Gasteiger partial charge in [0.2, 0.25) is 5.96 Å². The first kappa shape index (κ1) is 16.5. The average Bonchev–Trinajstić information content (AvgIpc) is 3.02. The van der Waals surface area contributed by atoms with E-state index in [9.17, 15) is 5.26 Å². The van der Waals surface area contributed by atoms with E-state index in [1.807, 2.05) is 18.3 Å². The monoisotopic (exact) mass is 359 g/mol. The van der Waals surface area contributed by atoms with Crippen molar-refractivity contribution >= 4 is 29.0 Å². The van der Waals surface area contributed by atoms with Gasteiger partial charge in [-0.1, -0.05) is 12.1 Å². The highest BCUT2D eigenvalue weighted by molar-refractivity contribution is 5.98. The van der Waals surface area contributed by atoms with Gasteiger partial charge in [-0.15, -0.1) is 0 Å². The molecular weight excluding hydrogens is 342 g/mol. The lowest BCUT2D eigenvalue weighted by Gasteiger charge is -2.26. The molecule has 1 atom stereocenters. The molecule has 2 aliphatic rings. The third kappa shape index (κ3) is 2.53. The molecule has 9 nitrogen and oxygen atoms in total. The standard InChI is InChI=1S/C18H17N9/c1-27-5-4-9-6-10(2-3-12(9)27)15-13-14(21)11(7-19)16(22)25-17(13)26-18(24-15)23-8-20/h2-3,6,15H,4-5H2,1H3,(H6,21,22,23,24,25,26). The average molecular weight is 359 g/mol. The Kier molecular flexibility index (Phi) is 3.71. The van der Waals surface area contributed by atoms with Crippen LogP contribution in [0.2, 0.25) is 0 Å². The fourth-order valence-electron chi connectivity index (χ4n) is 3.58. The van der Waals surface area contributed by atoms with E-state index < -0.39 is 6.04 Å². The molecule has 9 heteroatoms. The van der Waals surface area contributed by atoms with Gasteiger partial charge in [0.25, 0.3) is 0 Å². The van der Waals surface area contributed by atoms with Gasteiger partial charge in [0.05, 0.1) is 5.69 Å². The van der Waals surface area contributed by atoms with Crippen LogP contribution >= 0.6 is 0 Å². The number of hydrogen-bond donors (Lipinski definition) is 4. The molecule has 2 aromatic rings. The predicted octanol–water partition coefficient (Wildman–Crippen LogP) is 1.05. The number of nitrogens with one attached hydrogen (secondary N) is 2. The van der Waals surface area contributed by atoms with E-state index in [2.05, 4.69) is 44.7 Å². The first-order chi connectivity index (χ1) is 13.0. The molecule has 0 bridgehead atoms. The lowest BCUT2D eigenvalue weighted by Crippen LogP contribution is -2.32. The number of aliphatic imine (C=N–C) groups is 1. The number of rotatable bonds is 1. The van der Waals surface area contributed by atoms with Crippen LogP contribution in [0, 0.1) is 22.8 Å². The predicted molar refractivity (Wildman–Crippen MR) is 103 cm³/mol. The van der Waals surface area contributed by atoms with Crippen molar-refractivity contribution in [2.45, 2.75) is 12.5 Å². The van der Waals surface area contributed by atoms with Gasteiger partial charge in [0.15, 0.2) is 6.19 Å². The van der Waals surface area contributed by atoms with Crippen LogP contribution in [0.5, 0.6) is 0 Å². The maximum absolute atomic E-state index is 9.38. The number of likely N-dealkylation sites (N-methyl/N-ethyl adjacent to an activating group) is 1. The maximum atomic E-state index is 9.38. The Labute approximate surface area is 155 Å². The number of guanidine groups is 1. The molecule has 6 N–H and O–H groups in total. The molecule has 0 aliphatic carbocycles. The Hall–Kier alpha value is -3.98. The lowest BCUT2D eigenvalue weighted by molar-refractivity contribution is 0.845. The Bertz CT molecular complexity index is 1060. The van der Waals surface area contributed by atoms with Crippen molar-refractivity contribution in [2.24, 2.45) is 4.99 Å². The highest BCUT2D eigenvalue weighted by Gasteiger charge is 2.30. The van der Waals surface area contributed by atoms with Crippen LogP contribution in [0.3, 0.4) is 0 Å². The number of anilines is 4. The highest BCUT2D eigenvalue weighted by atomic mass is 15.2. The maximum Gasteiger partial charge on any atom is 0.211 e. The van der Waals surface area contributed by atoms with Gasteiger partial charge in [-0.25, -0.2) is 9.98 Å². The molecule has 1 aromatic carbocycles. The van der Waals surface area contributed by atoms with E-state index >= 15 is 0 Å². The summed E-state index contributed by atoms with van der Waals surface area (Å²) < 4.78 is 0. The van der Waals surface area contributed by atoms with Crippen molar-refractivity contribution in [1.82, 2.24) is 10.3 Å². The van der Waals surface area contributed by atoms with Crippen molar-refractivity contribution in [3.05, 3.63) is 40.5 Å². The number of hydrogen-bond acceptors (Lipinski definition) is 9. The van der Waals surface area contributed by atoms with Gasteiger partial charge in [-0.3, -0.25) is 5.32 Å². The van der Waals surface area contributed by atoms with E-state index in [4.69, 9.17) is 16.7 Å². The zero-order valence-electron chi connectivity index (χ0n) is 14.6. The summed E-state index contributed by atoms with van der Waals surface area (Å²) in [5.41, 5.74) is 16.4. The second-order valence-corrected chi connectivity index (χ2v) is 6.46. The summed E-state index contributed by atoms with van der Waals surface area (Å²) in [6, 6.07) is 7.63. The number of nitrogens with zero attached hydrogens (tertiary/aromatic N) is 5. The van der Waals surface area contributed by atoms with E-state index in [0.29, 0.717) is 11.4 Å². The van der Waals surface area contributed by atoms with Gasteiger partial charge >= 0.3 is 0 Å². The van der Waals surface area contributed by atoms with Crippen LogP contribution < -0.4 is 27.0 Å². The summed E-state index contributed by atoms with van der Waals surface area (Å²) in [4.78, 5) is 11.0. The first-order valence-electron chi connectivity index (χ1n) is 8.36. The Morgan fingerprint density at radius 1 is 1.33 bits per heavy atom. The quantitative estimate of drug-likeness (QED) is 0.435. The molecule has 0 saturated carbocycles. The third-order valence-corrected chi connectivity index (χ3v) is 4.90. The zero-order valence-corrected chi connectivity index (χ0v) is 14.6. The van der Waals surface area contributed by atoms with Gasteiger partial charge in [0.1, 0.15) is 29.3 Å². The van der Waals surface area contributed by atoms with Crippen molar-refractivity contribution < 1.29 is 0 Å². The Morgan fingerprint density at radius 2 is 2.15 bits per heavy atom. The van der Waals surface area contributed by atoms with Crippen LogP contribution in [0.4, 0.5) is 23.0 Å². The SMILES string of the molecule is CN1CCc2cc(C3N=C(NC#N)Nc4nc(N)c(C#N)c(N)c43)ccc21. The molecular formula is C18H17N9. The van der Waals surface area contributed by atoms with Crippen molar-refractivity contribution in [3.63, 3.8) is 0 Å². The lowest BCUT2D eigenvalue weighted by atomic mass is 9.93. The molecule has 2 aliphatic heterocycles. The smallest absolute Gasteiger partial charge is 0.211 e. The molecule has 0 saturated heterocycles. The molecule has 1 aromatic heterocycles. The number of nitriles is 2. The number of benzene rings is 1. The van der Waals surface area contributed by atoms with E-state index in [-0.39, 0.29) is 23.0 Å². The third-order valence-electron chi connectivity index (χ3n) is 4.90. The molecule has 1 unspecified atom stereocenters. The molecule has 134 valence electrons. The van der Waals surface area contributed by atoms with Crippen LogP contribution in [0.1, 0.15) is 28.3 Å². The second-order valence-electron chi connectivity index (χ2n) is 6.46. The summed E-state index contributed by atoms with van der Waals surface area (Å²) in [6.07, 6.45) is 2.79. The fraction of sp³-hybridized carbons (Fsp3) is 0.222. The number of pyridine rings is 1. The van der Waals surface area contributed by atoms with E-state index in [1.54, 1.807) is 0 Å². The molecule has 0 fully saturated rings. The molecule has 4 rings (SSSR count). The van der Waals surface area contributed by atoms with E-state index in [0.717, 1.165) is 18.5 Å². The fourth-order valence-corrected chi connectivity index (χ4v) is 3.58. The molecule has 0 radical (unpaired) electrons. The van der Waals surface area contributed by atoms with Crippen LogP contribution in [-0.4, -0.2) is 24.5 Å². The number of fused-ring (bicyclic) bond motifs is 2. The summed E-state index contributed by atoms with van der Waals surface area (Å²) in [7, 11) is 2.06. The van der Waals surface area contributed by atoms with Gasteiger partial charge in [-0.05, 0) is 23.6 Å². The number of aromatic nitrogens is 1. The minimum atomic E-state index is -0.506. The minimum Gasteiger partial charge on any atom is -0.397 e. The summed E-state index contributed by atoms with van der Waals surface area (Å²) in [5.74, 6) is 0.678. The second kappa shape index (κ2) is 6.07. The summed E-state index contributed by atoms with van der Waals surface area (Å²) >= 11 is 0. The van der Waals surface area contributed by atoms with E-state index in [1.165, 1.54) is 11.3 Å². The van der Waals surface area contributed by atoms with Gasteiger partial charge in [0, 0.05) is 24.8 Å². The van der Waals surface area contributed by atoms with Gasteiger partial charge in [-0.2, -0.15) is 10.5 Å². The molecule has 3 heterocycles. The molecule has 0 amide bonds. The summed E-state index contributed by atoms with van der Waals surface area (Å²) in [5, 5.41) is 23.8. The van der Waals surface area contributed by atoms with Crippen molar-refractivity contribution in [1.29, 1.82) is 10.5 Å². The van der Waals surface area contributed by atoms with Crippen LogP contribution in [0.25, 0.3) is 0 Å². The largest absolute Gasteiger partial charge is 0.397 e. The first-order valence-corrected chi connectivity index (χ1v) is 8.36. The number of nitrogens with two attached hydrogens (primary N) is 2. The van der Waals surface area contributed by atoms with Crippen LogP contribution in [-0.2, 0) is 6.42 Å². The van der Waals surface area contributed by atoms with Crippen molar-refractivity contribution in [3.8, 4) is 12.3 Å². The normalized spacial score (nSPS) is 17.1. The Morgan fingerprint density at radius 3 is 2.89 bits per heavy atom. The topological polar surface area (TPSA) is 152 Å². The molecule has 27 heavy (non-hydrogen) atoms. The van der Waals surface area contributed by atoms with Crippen LogP contribution in [0.15, 0.2) is 23.2 Å². The zero-order chi connectivity index (χ0) is 19.1. The Balaban J connectivity index is 1.90. The summed E-state index contributed by atoms with van der Waals surface area (Å²) in [6.45, 7) is 0.963. The molecule has 0 spiro atoms. The highest BCUT2D eigenvalue weighted by Crippen LogP contribution is 2.41. The number of nitrogen functional groups attached to an aromatic ring is 2.